The van der Waals surface area contributed by atoms with E-state index in [0.29, 0.717) is 6.54 Å². The van der Waals surface area contributed by atoms with Crippen molar-refractivity contribution in [3.63, 3.8) is 0 Å². The van der Waals surface area contributed by atoms with E-state index in [-0.39, 0.29) is 0 Å². The van der Waals surface area contributed by atoms with Gasteiger partial charge in [-0.3, -0.25) is 5.10 Å². The summed E-state index contributed by atoms with van der Waals surface area (Å²) in [6, 6.07) is 10.2. The number of nitrogens with one attached hydrogen (secondary N) is 3. The fourth-order valence-corrected chi connectivity index (χ4v) is 2.01. The molecule has 3 rings (SSSR count). The number of benzene rings is 1. The van der Waals surface area contributed by atoms with Crippen molar-refractivity contribution >= 4 is 0 Å². The predicted octanol–water partition coefficient (Wildman–Crippen LogP) is 2.09. The Kier molecular flexibility index (Phi) is 3.38. The second-order valence-corrected chi connectivity index (χ2v) is 4.28. The van der Waals surface area contributed by atoms with E-state index in [0.717, 1.165) is 29.2 Å². The zero-order chi connectivity index (χ0) is 12.9. The molecular weight excluding hydrogens is 238 g/mol. The van der Waals surface area contributed by atoms with Gasteiger partial charge in [0.25, 0.3) is 0 Å². The van der Waals surface area contributed by atoms with Crippen LogP contribution >= 0.6 is 0 Å². The number of H-pyrrole nitrogens is 2. The van der Waals surface area contributed by atoms with Crippen molar-refractivity contribution in [2.24, 2.45) is 0 Å². The van der Waals surface area contributed by atoms with E-state index >= 15 is 0 Å². The van der Waals surface area contributed by atoms with Crippen LogP contribution in [0.3, 0.4) is 0 Å². The number of hydrogen-bond donors (Lipinski definition) is 3. The normalized spacial score (nSPS) is 10.7. The maximum Gasteiger partial charge on any atom is 0.120 e. The Bertz CT molecular complexity index is 612. The lowest BCUT2D eigenvalue weighted by molar-refractivity contribution is 0.670. The molecule has 3 aromatic rings. The molecular formula is C14H15N5. The highest BCUT2D eigenvalue weighted by atomic mass is 15.1. The predicted molar refractivity (Wildman–Crippen MR) is 73.2 cm³/mol. The summed E-state index contributed by atoms with van der Waals surface area (Å²) >= 11 is 0. The zero-order valence-electron chi connectivity index (χ0n) is 10.4. The number of rotatable bonds is 5. The number of nitrogens with zero attached hydrogens (tertiary/aromatic N) is 2. The largest absolute Gasteiger partial charge is 0.348 e. The van der Waals surface area contributed by atoms with Crippen LogP contribution in [0.4, 0.5) is 0 Å². The van der Waals surface area contributed by atoms with Crippen LogP contribution in [0.25, 0.3) is 11.3 Å². The van der Waals surface area contributed by atoms with Crippen molar-refractivity contribution < 1.29 is 0 Å². The van der Waals surface area contributed by atoms with E-state index in [1.807, 2.05) is 30.6 Å². The minimum atomic E-state index is 0.715. The summed E-state index contributed by atoms with van der Waals surface area (Å²) in [6.45, 7) is 1.47. The molecule has 3 N–H and O–H groups in total. The van der Waals surface area contributed by atoms with Gasteiger partial charge in [-0.05, 0) is 5.56 Å². The summed E-state index contributed by atoms with van der Waals surface area (Å²) in [5.41, 5.74) is 3.36. The molecule has 0 aliphatic carbocycles. The van der Waals surface area contributed by atoms with Crippen LogP contribution in [0.2, 0.25) is 0 Å². The Morgan fingerprint density at radius 3 is 2.79 bits per heavy atom. The molecule has 5 nitrogen and oxygen atoms in total. The van der Waals surface area contributed by atoms with Gasteiger partial charge in [0, 0.05) is 24.5 Å². The average Bonchev–Trinajstić information content (AvgIpc) is 3.11. The molecule has 0 aliphatic heterocycles. The highest BCUT2D eigenvalue weighted by Gasteiger charge is 2.06. The van der Waals surface area contributed by atoms with E-state index in [1.54, 1.807) is 6.20 Å². The Morgan fingerprint density at radius 1 is 1.11 bits per heavy atom. The molecule has 0 fully saturated rings. The first-order valence-corrected chi connectivity index (χ1v) is 6.20. The molecule has 0 atom stereocenters. The maximum atomic E-state index is 4.17. The van der Waals surface area contributed by atoms with E-state index in [2.05, 4.69) is 37.6 Å². The van der Waals surface area contributed by atoms with Gasteiger partial charge >= 0.3 is 0 Å². The molecule has 19 heavy (non-hydrogen) atoms. The van der Waals surface area contributed by atoms with Gasteiger partial charge in [0.15, 0.2) is 0 Å². The molecule has 1 aromatic carbocycles. The lowest BCUT2D eigenvalue weighted by Gasteiger charge is -2.04. The number of aromatic nitrogens is 4. The third-order valence-corrected chi connectivity index (χ3v) is 2.94. The molecule has 0 unspecified atom stereocenters. The minimum Gasteiger partial charge on any atom is -0.348 e. The third kappa shape index (κ3) is 2.71. The Morgan fingerprint density at radius 2 is 2.00 bits per heavy atom. The van der Waals surface area contributed by atoms with Gasteiger partial charge in [-0.15, -0.1) is 0 Å². The lowest BCUT2D eigenvalue weighted by atomic mass is 10.1. The topological polar surface area (TPSA) is 69.4 Å². The standard InChI is InChI=1S/C14H15N5/c1-2-4-11(5-3-1)14-12(9-18-19-14)8-15-10-13-16-6-7-17-13/h1-7,9,15H,8,10H2,(H,16,17)(H,18,19). The van der Waals surface area contributed by atoms with Crippen molar-refractivity contribution in [2.45, 2.75) is 13.1 Å². The van der Waals surface area contributed by atoms with Crippen molar-refractivity contribution in [3.05, 3.63) is 60.3 Å². The summed E-state index contributed by atoms with van der Waals surface area (Å²) in [7, 11) is 0. The van der Waals surface area contributed by atoms with Gasteiger partial charge in [0.2, 0.25) is 0 Å². The number of hydrogen-bond acceptors (Lipinski definition) is 3. The van der Waals surface area contributed by atoms with E-state index < -0.39 is 0 Å². The molecule has 0 saturated carbocycles. The number of imidazole rings is 1. The summed E-state index contributed by atoms with van der Waals surface area (Å²) in [5.74, 6) is 0.935. The average molecular weight is 253 g/mol. The highest BCUT2D eigenvalue weighted by molar-refractivity contribution is 5.62. The third-order valence-electron chi connectivity index (χ3n) is 2.94. The molecule has 0 spiro atoms. The molecule has 2 heterocycles. The summed E-state index contributed by atoms with van der Waals surface area (Å²) in [5, 5.41) is 10.5. The molecule has 0 bridgehead atoms. The SMILES string of the molecule is c1ccc(-c2[nH]ncc2CNCc2ncc[nH]2)cc1. The number of aromatic amines is 2. The van der Waals surface area contributed by atoms with Gasteiger partial charge in [-0.1, -0.05) is 30.3 Å². The molecule has 0 radical (unpaired) electrons. The molecule has 5 heteroatoms. The van der Waals surface area contributed by atoms with Gasteiger partial charge in [0.05, 0.1) is 18.4 Å². The van der Waals surface area contributed by atoms with Crippen molar-refractivity contribution in [3.8, 4) is 11.3 Å². The first-order valence-electron chi connectivity index (χ1n) is 6.20. The maximum absolute atomic E-state index is 4.17. The van der Waals surface area contributed by atoms with Crippen LogP contribution < -0.4 is 5.32 Å². The fraction of sp³-hybridized carbons (Fsp3) is 0.143. The monoisotopic (exact) mass is 253 g/mol. The van der Waals surface area contributed by atoms with Gasteiger partial charge in [0.1, 0.15) is 5.82 Å². The van der Waals surface area contributed by atoms with E-state index in [1.165, 1.54) is 0 Å². The fourth-order valence-electron chi connectivity index (χ4n) is 2.01. The summed E-state index contributed by atoms with van der Waals surface area (Å²) < 4.78 is 0. The van der Waals surface area contributed by atoms with E-state index in [4.69, 9.17) is 0 Å². The highest BCUT2D eigenvalue weighted by Crippen LogP contribution is 2.20. The Hall–Kier alpha value is -2.40. The molecule has 0 aliphatic rings. The van der Waals surface area contributed by atoms with Crippen molar-refractivity contribution in [2.75, 3.05) is 0 Å². The van der Waals surface area contributed by atoms with Crippen LogP contribution in [-0.4, -0.2) is 20.2 Å². The second-order valence-electron chi connectivity index (χ2n) is 4.28. The van der Waals surface area contributed by atoms with Crippen LogP contribution in [0, 0.1) is 0 Å². The second kappa shape index (κ2) is 5.49. The summed E-state index contributed by atoms with van der Waals surface area (Å²) in [4.78, 5) is 7.24. The first kappa shape index (κ1) is 11.7. The van der Waals surface area contributed by atoms with Crippen LogP contribution in [0.15, 0.2) is 48.9 Å². The van der Waals surface area contributed by atoms with Crippen LogP contribution in [-0.2, 0) is 13.1 Å². The Balaban J connectivity index is 1.67. The smallest absolute Gasteiger partial charge is 0.120 e. The Labute approximate surface area is 111 Å². The van der Waals surface area contributed by atoms with Crippen molar-refractivity contribution in [1.82, 2.24) is 25.5 Å². The minimum absolute atomic E-state index is 0.715. The molecule has 0 saturated heterocycles. The quantitative estimate of drug-likeness (QED) is 0.652. The van der Waals surface area contributed by atoms with Crippen LogP contribution in [0.1, 0.15) is 11.4 Å². The zero-order valence-corrected chi connectivity index (χ0v) is 10.4. The van der Waals surface area contributed by atoms with Gasteiger partial charge < -0.3 is 10.3 Å². The molecule has 0 amide bonds. The van der Waals surface area contributed by atoms with E-state index in [9.17, 15) is 0 Å². The molecule has 96 valence electrons. The van der Waals surface area contributed by atoms with Gasteiger partial charge in [-0.25, -0.2) is 4.98 Å². The molecule has 2 aromatic heterocycles. The van der Waals surface area contributed by atoms with Crippen molar-refractivity contribution in [1.29, 1.82) is 0 Å². The summed E-state index contributed by atoms with van der Waals surface area (Å²) in [6.07, 6.45) is 5.44. The lowest BCUT2D eigenvalue weighted by Crippen LogP contribution is -2.13. The first-order chi connectivity index (χ1) is 9.43. The van der Waals surface area contributed by atoms with Crippen LogP contribution in [0.5, 0.6) is 0 Å². The van der Waals surface area contributed by atoms with Gasteiger partial charge in [-0.2, -0.15) is 5.10 Å².